The number of ether oxygens (including phenoxy) is 3. The number of nitrogens with zero attached hydrogens (tertiary/aromatic N) is 1. The Hall–Kier alpha value is -2.31. The second-order valence-corrected chi connectivity index (χ2v) is 5.60. The third-order valence-corrected chi connectivity index (χ3v) is 2.64. The van der Waals surface area contributed by atoms with Gasteiger partial charge in [0, 0.05) is 18.2 Å². The van der Waals surface area contributed by atoms with Gasteiger partial charge < -0.3 is 19.5 Å². The molecule has 122 valence electrons. The molecule has 1 amide bonds. The van der Waals surface area contributed by atoms with Crippen LogP contribution in [0.25, 0.3) is 0 Å². The molecule has 0 saturated carbocycles. The molecule has 0 aliphatic rings. The fourth-order valence-electron chi connectivity index (χ4n) is 1.77. The van der Waals surface area contributed by atoms with Crippen LogP contribution in [0, 0.1) is 0 Å². The lowest BCUT2D eigenvalue weighted by molar-refractivity contribution is -0.143. The molecule has 1 unspecified atom stereocenters. The molecule has 0 bridgehead atoms. The van der Waals surface area contributed by atoms with Crippen molar-refractivity contribution in [3.63, 3.8) is 0 Å². The Morgan fingerprint density at radius 1 is 1.32 bits per heavy atom. The van der Waals surface area contributed by atoms with Gasteiger partial charge >= 0.3 is 12.1 Å². The summed E-state index contributed by atoms with van der Waals surface area (Å²) in [6.07, 6.45) is 1.07. The number of aromatic nitrogens is 1. The molecule has 0 spiro atoms. The van der Waals surface area contributed by atoms with Gasteiger partial charge in [0.2, 0.25) is 5.88 Å². The van der Waals surface area contributed by atoms with Crippen LogP contribution in [0.5, 0.6) is 5.88 Å². The van der Waals surface area contributed by atoms with Crippen molar-refractivity contribution in [2.45, 2.75) is 38.8 Å². The average Bonchev–Trinajstić information content (AvgIpc) is 2.44. The first-order valence-corrected chi connectivity index (χ1v) is 6.82. The number of nitrogens with one attached hydrogen (secondary N) is 1. The van der Waals surface area contributed by atoms with Crippen molar-refractivity contribution < 1.29 is 23.8 Å². The van der Waals surface area contributed by atoms with Crippen LogP contribution < -0.4 is 10.1 Å². The van der Waals surface area contributed by atoms with Gasteiger partial charge in [0.1, 0.15) is 11.6 Å². The summed E-state index contributed by atoms with van der Waals surface area (Å²) in [5.74, 6) is -0.181. The number of methoxy groups -OCH3 is 2. The summed E-state index contributed by atoms with van der Waals surface area (Å²) in [4.78, 5) is 27.8. The standard InChI is InChI=1S/C15H22N2O5/c1-15(2,3)22-14(19)17-11(13(18)21-5)9-10-7-6-8-16-12(10)20-4/h6-8,11H,9H2,1-5H3,(H,17,19). The quantitative estimate of drug-likeness (QED) is 0.833. The van der Waals surface area contributed by atoms with Crippen LogP contribution in [0.15, 0.2) is 18.3 Å². The van der Waals surface area contributed by atoms with E-state index in [-0.39, 0.29) is 6.42 Å². The van der Waals surface area contributed by atoms with E-state index in [1.54, 1.807) is 39.1 Å². The van der Waals surface area contributed by atoms with Crippen molar-refractivity contribution in [2.24, 2.45) is 0 Å². The van der Waals surface area contributed by atoms with E-state index in [0.29, 0.717) is 11.4 Å². The summed E-state index contributed by atoms with van der Waals surface area (Å²) < 4.78 is 15.0. The number of amides is 1. The van der Waals surface area contributed by atoms with Crippen molar-refractivity contribution in [3.05, 3.63) is 23.9 Å². The number of hydrogen-bond donors (Lipinski definition) is 1. The van der Waals surface area contributed by atoms with Gasteiger partial charge in [-0.3, -0.25) is 0 Å². The highest BCUT2D eigenvalue weighted by molar-refractivity contribution is 5.81. The monoisotopic (exact) mass is 310 g/mol. The van der Waals surface area contributed by atoms with Crippen LogP contribution in [0.1, 0.15) is 26.3 Å². The molecule has 0 aliphatic carbocycles. The summed E-state index contributed by atoms with van der Waals surface area (Å²) >= 11 is 0. The maximum atomic E-state index is 11.9. The van der Waals surface area contributed by atoms with Gasteiger partial charge in [0.05, 0.1) is 14.2 Å². The number of hydrogen-bond acceptors (Lipinski definition) is 6. The molecule has 1 atom stereocenters. The highest BCUT2D eigenvalue weighted by atomic mass is 16.6. The number of pyridine rings is 1. The molecule has 0 aromatic carbocycles. The maximum absolute atomic E-state index is 11.9. The van der Waals surface area contributed by atoms with E-state index in [1.807, 2.05) is 0 Å². The molecule has 0 radical (unpaired) electrons. The topological polar surface area (TPSA) is 86.8 Å². The molecular formula is C15H22N2O5. The fourth-order valence-corrected chi connectivity index (χ4v) is 1.77. The molecule has 1 N–H and O–H groups in total. The lowest BCUT2D eigenvalue weighted by Gasteiger charge is -2.22. The molecule has 1 heterocycles. The molecule has 1 rings (SSSR count). The van der Waals surface area contributed by atoms with Crippen LogP contribution >= 0.6 is 0 Å². The molecule has 7 nitrogen and oxygen atoms in total. The second-order valence-electron chi connectivity index (χ2n) is 5.60. The normalized spacial score (nSPS) is 12.2. The first kappa shape index (κ1) is 17.7. The van der Waals surface area contributed by atoms with E-state index < -0.39 is 23.7 Å². The zero-order valence-corrected chi connectivity index (χ0v) is 13.5. The number of rotatable bonds is 5. The molecule has 0 saturated heterocycles. The number of esters is 1. The van der Waals surface area contributed by atoms with Crippen molar-refractivity contribution in [1.82, 2.24) is 10.3 Å². The molecule has 1 aromatic heterocycles. The largest absolute Gasteiger partial charge is 0.481 e. The predicted octanol–water partition coefficient (Wildman–Crippen LogP) is 1.70. The van der Waals surface area contributed by atoms with Gasteiger partial charge in [-0.15, -0.1) is 0 Å². The van der Waals surface area contributed by atoms with Gasteiger partial charge in [0.25, 0.3) is 0 Å². The third kappa shape index (κ3) is 5.59. The van der Waals surface area contributed by atoms with E-state index >= 15 is 0 Å². The zero-order chi connectivity index (χ0) is 16.8. The second kappa shape index (κ2) is 7.63. The predicted molar refractivity (Wildman–Crippen MR) is 79.7 cm³/mol. The molecule has 1 aromatic rings. The Morgan fingerprint density at radius 2 is 2.00 bits per heavy atom. The van der Waals surface area contributed by atoms with Crippen LogP contribution in [0.3, 0.4) is 0 Å². The van der Waals surface area contributed by atoms with E-state index in [1.165, 1.54) is 14.2 Å². The Balaban J connectivity index is 2.85. The first-order chi connectivity index (χ1) is 10.3. The minimum atomic E-state index is -0.891. The third-order valence-electron chi connectivity index (χ3n) is 2.64. The van der Waals surface area contributed by atoms with E-state index in [2.05, 4.69) is 10.3 Å². The summed E-state index contributed by atoms with van der Waals surface area (Å²) in [5, 5.41) is 2.51. The fraction of sp³-hybridized carbons (Fsp3) is 0.533. The van der Waals surface area contributed by atoms with Crippen molar-refractivity contribution >= 4 is 12.1 Å². The van der Waals surface area contributed by atoms with E-state index in [0.717, 1.165) is 0 Å². The number of carbonyl (C=O) groups is 2. The smallest absolute Gasteiger partial charge is 0.408 e. The maximum Gasteiger partial charge on any atom is 0.408 e. The highest BCUT2D eigenvalue weighted by Gasteiger charge is 2.26. The van der Waals surface area contributed by atoms with Crippen molar-refractivity contribution in [1.29, 1.82) is 0 Å². The number of carbonyl (C=O) groups excluding carboxylic acids is 2. The highest BCUT2D eigenvalue weighted by Crippen LogP contribution is 2.16. The molecule has 0 aliphatic heterocycles. The van der Waals surface area contributed by atoms with Gasteiger partial charge in [0.15, 0.2) is 0 Å². The van der Waals surface area contributed by atoms with Crippen LogP contribution in [-0.2, 0) is 20.7 Å². The van der Waals surface area contributed by atoms with E-state index in [4.69, 9.17) is 14.2 Å². The molecule has 0 fully saturated rings. The Bertz CT molecular complexity index is 525. The van der Waals surface area contributed by atoms with Gasteiger partial charge in [-0.1, -0.05) is 6.07 Å². The summed E-state index contributed by atoms with van der Waals surface area (Å²) in [6.45, 7) is 5.22. The molecular weight excluding hydrogens is 288 g/mol. The van der Waals surface area contributed by atoms with Gasteiger partial charge in [-0.25, -0.2) is 14.6 Å². The summed E-state index contributed by atoms with van der Waals surface area (Å²) in [5.41, 5.74) is 0.0213. The molecule has 22 heavy (non-hydrogen) atoms. The van der Waals surface area contributed by atoms with Crippen LogP contribution in [0.4, 0.5) is 4.79 Å². The average molecular weight is 310 g/mol. The SMILES string of the molecule is COC(=O)C(Cc1cccnc1OC)NC(=O)OC(C)(C)C. The Kier molecular flexibility index (Phi) is 6.15. The zero-order valence-electron chi connectivity index (χ0n) is 13.5. The lowest BCUT2D eigenvalue weighted by atomic mass is 10.1. The van der Waals surface area contributed by atoms with E-state index in [9.17, 15) is 9.59 Å². The minimum Gasteiger partial charge on any atom is -0.481 e. The van der Waals surface area contributed by atoms with Crippen LogP contribution in [0.2, 0.25) is 0 Å². The number of alkyl carbamates (subject to hydrolysis) is 1. The molecule has 7 heteroatoms. The van der Waals surface area contributed by atoms with Crippen molar-refractivity contribution in [3.8, 4) is 5.88 Å². The van der Waals surface area contributed by atoms with Crippen molar-refractivity contribution in [2.75, 3.05) is 14.2 Å². The summed E-state index contributed by atoms with van der Waals surface area (Å²) in [7, 11) is 2.74. The Labute approximate surface area is 130 Å². The van der Waals surface area contributed by atoms with Gasteiger partial charge in [-0.05, 0) is 26.8 Å². The van der Waals surface area contributed by atoms with Gasteiger partial charge in [-0.2, -0.15) is 0 Å². The summed E-state index contributed by atoms with van der Waals surface area (Å²) in [6, 6.07) is 2.59. The Morgan fingerprint density at radius 3 is 2.55 bits per heavy atom. The first-order valence-electron chi connectivity index (χ1n) is 6.82. The minimum absolute atomic E-state index is 0.183. The van der Waals surface area contributed by atoms with Crippen LogP contribution in [-0.4, -0.2) is 42.9 Å². The lowest BCUT2D eigenvalue weighted by Crippen LogP contribution is -2.45.